The quantitative estimate of drug-likeness (QED) is 0.379. The minimum absolute atomic E-state index is 0.00800. The molecule has 18 heavy (non-hydrogen) atoms. The molecule has 5 nitrogen and oxygen atoms in total. The van der Waals surface area contributed by atoms with Gasteiger partial charge >= 0.3 is 0 Å². The third kappa shape index (κ3) is 8.04. The second-order valence-corrected chi connectivity index (χ2v) is 5.29. The predicted molar refractivity (Wildman–Crippen MR) is 76.6 cm³/mol. The van der Waals surface area contributed by atoms with Gasteiger partial charge in [-0.3, -0.25) is 0 Å². The van der Waals surface area contributed by atoms with Crippen LogP contribution in [0.4, 0.5) is 0 Å². The fourth-order valence-electron chi connectivity index (χ4n) is 1.24. The van der Waals surface area contributed by atoms with E-state index in [0.717, 1.165) is 0 Å². The maximum absolute atomic E-state index is 9.47. The molecule has 0 rings (SSSR count). The van der Waals surface area contributed by atoms with Crippen LogP contribution < -0.4 is 0 Å². The molecule has 0 amide bonds. The van der Waals surface area contributed by atoms with Gasteiger partial charge in [-0.25, -0.2) is 0 Å². The van der Waals surface area contributed by atoms with Gasteiger partial charge in [-0.1, -0.05) is 31.9 Å². The summed E-state index contributed by atoms with van der Waals surface area (Å²) in [5, 5.41) is 19.6. The number of alkyl halides is 2. The van der Waals surface area contributed by atoms with E-state index in [0.29, 0.717) is 30.5 Å². The molecule has 0 aromatic rings. The summed E-state index contributed by atoms with van der Waals surface area (Å²) in [6, 6.07) is 0. The Hall–Kier alpha value is 0.760. The van der Waals surface area contributed by atoms with Gasteiger partial charge in [-0.2, -0.15) is 0 Å². The van der Waals surface area contributed by atoms with Crippen molar-refractivity contribution in [3.8, 4) is 0 Å². The largest absolute Gasteiger partial charge is 0.394 e. The molecule has 0 aromatic carbocycles. The van der Waals surface area contributed by atoms with Gasteiger partial charge in [-0.15, -0.1) is 0 Å². The first-order valence-corrected chi connectivity index (χ1v) is 7.93. The van der Waals surface area contributed by atoms with Crippen LogP contribution in [0, 0.1) is 5.41 Å². The molecular formula is C11H22Br2O5. The van der Waals surface area contributed by atoms with E-state index in [9.17, 15) is 5.11 Å². The Morgan fingerprint density at radius 3 is 2.22 bits per heavy atom. The Morgan fingerprint density at radius 1 is 1.11 bits per heavy atom. The van der Waals surface area contributed by atoms with Crippen molar-refractivity contribution in [1.29, 1.82) is 0 Å². The van der Waals surface area contributed by atoms with Crippen LogP contribution in [0.2, 0.25) is 0 Å². The first-order valence-electron chi connectivity index (χ1n) is 5.69. The third-order valence-corrected chi connectivity index (χ3v) is 4.67. The molecule has 1 unspecified atom stereocenters. The number of rotatable bonds is 12. The molecule has 0 aliphatic carbocycles. The maximum Gasteiger partial charge on any atom is 0.101 e. The van der Waals surface area contributed by atoms with E-state index in [1.54, 1.807) is 0 Å². The minimum Gasteiger partial charge on any atom is -0.394 e. The molecule has 7 heteroatoms. The molecule has 0 aromatic heterocycles. The van der Waals surface area contributed by atoms with Gasteiger partial charge in [0.1, 0.15) is 6.10 Å². The topological polar surface area (TPSA) is 68.2 Å². The van der Waals surface area contributed by atoms with Gasteiger partial charge in [0.05, 0.1) is 39.6 Å². The summed E-state index contributed by atoms with van der Waals surface area (Å²) in [4.78, 5) is 0. The highest BCUT2D eigenvalue weighted by atomic mass is 79.9. The van der Waals surface area contributed by atoms with Gasteiger partial charge in [-0.05, 0) is 0 Å². The average Bonchev–Trinajstić information content (AvgIpc) is 2.37. The van der Waals surface area contributed by atoms with Gasteiger partial charge in [0.25, 0.3) is 0 Å². The molecular weight excluding hydrogens is 372 g/mol. The Balaban J connectivity index is 4.00. The lowest BCUT2D eigenvalue weighted by molar-refractivity contribution is -0.0452. The number of aliphatic hydroxyl groups excluding tert-OH is 2. The number of ether oxygens (including phenoxy) is 3. The molecule has 0 spiro atoms. The summed E-state index contributed by atoms with van der Waals surface area (Å²) in [5.74, 6) is 0. The standard InChI is InChI=1S/C11H22Br2O5/c1-16-4-10(15)5-18-9-11(6-12,7-13)8-17-3-2-14/h10,14-15H,2-9H2,1H3. The third-order valence-electron chi connectivity index (χ3n) is 2.29. The summed E-state index contributed by atoms with van der Waals surface area (Å²) in [6.07, 6.45) is -0.614. The molecule has 0 fully saturated rings. The Labute approximate surface area is 125 Å². The number of aliphatic hydroxyl groups is 2. The lowest BCUT2D eigenvalue weighted by Gasteiger charge is -2.29. The predicted octanol–water partition coefficient (Wildman–Crippen LogP) is 0.795. The zero-order valence-electron chi connectivity index (χ0n) is 10.6. The highest BCUT2D eigenvalue weighted by molar-refractivity contribution is 9.09. The van der Waals surface area contributed by atoms with E-state index < -0.39 is 6.10 Å². The van der Waals surface area contributed by atoms with Crippen molar-refractivity contribution in [2.24, 2.45) is 5.41 Å². The average molecular weight is 394 g/mol. The summed E-state index contributed by atoms with van der Waals surface area (Å²) in [6.45, 7) is 1.74. The lowest BCUT2D eigenvalue weighted by atomic mass is 9.96. The fraction of sp³-hybridized carbons (Fsp3) is 1.00. The van der Waals surface area contributed by atoms with Crippen molar-refractivity contribution < 1.29 is 24.4 Å². The van der Waals surface area contributed by atoms with Crippen LogP contribution >= 0.6 is 31.9 Å². The normalized spacial score (nSPS) is 13.8. The zero-order chi connectivity index (χ0) is 13.9. The molecule has 0 saturated carbocycles. The smallest absolute Gasteiger partial charge is 0.101 e. The van der Waals surface area contributed by atoms with Crippen LogP contribution in [0.25, 0.3) is 0 Å². The summed E-state index contributed by atoms with van der Waals surface area (Å²) in [5.41, 5.74) is -0.206. The second-order valence-electron chi connectivity index (χ2n) is 4.17. The highest BCUT2D eigenvalue weighted by Crippen LogP contribution is 2.24. The van der Waals surface area contributed by atoms with Crippen molar-refractivity contribution in [2.45, 2.75) is 6.10 Å². The second kappa shape index (κ2) is 11.6. The van der Waals surface area contributed by atoms with Crippen LogP contribution in [-0.4, -0.2) is 73.7 Å². The van der Waals surface area contributed by atoms with Gasteiger partial charge in [0.15, 0.2) is 0 Å². The maximum atomic E-state index is 9.47. The molecule has 0 saturated heterocycles. The van der Waals surface area contributed by atoms with Crippen LogP contribution in [0.1, 0.15) is 0 Å². The molecule has 0 aliphatic rings. The fourth-order valence-corrected chi connectivity index (χ4v) is 2.81. The molecule has 0 radical (unpaired) electrons. The summed E-state index contributed by atoms with van der Waals surface area (Å²) < 4.78 is 15.7. The Morgan fingerprint density at radius 2 is 1.72 bits per heavy atom. The molecule has 1 atom stereocenters. The minimum atomic E-state index is -0.614. The van der Waals surface area contributed by atoms with Crippen LogP contribution in [0.3, 0.4) is 0 Å². The van der Waals surface area contributed by atoms with Crippen LogP contribution in [0.15, 0.2) is 0 Å². The summed E-state index contributed by atoms with van der Waals surface area (Å²) >= 11 is 6.89. The van der Waals surface area contributed by atoms with E-state index in [1.807, 2.05) is 0 Å². The SMILES string of the molecule is COCC(O)COCC(CBr)(CBr)COCCO. The first kappa shape index (κ1) is 18.8. The molecule has 0 aliphatic heterocycles. The van der Waals surface area contributed by atoms with E-state index in [2.05, 4.69) is 31.9 Å². The number of methoxy groups -OCH3 is 1. The number of halogens is 2. The van der Waals surface area contributed by atoms with Crippen LogP contribution in [0.5, 0.6) is 0 Å². The van der Waals surface area contributed by atoms with Gasteiger partial charge < -0.3 is 24.4 Å². The number of hydrogen-bond donors (Lipinski definition) is 2. The Kier molecular flexibility index (Phi) is 12.1. The lowest BCUT2D eigenvalue weighted by Crippen LogP contribution is -2.37. The van der Waals surface area contributed by atoms with Crippen molar-refractivity contribution in [2.75, 3.05) is 57.4 Å². The van der Waals surface area contributed by atoms with Crippen molar-refractivity contribution in [1.82, 2.24) is 0 Å². The summed E-state index contributed by atoms with van der Waals surface area (Å²) in [7, 11) is 1.53. The van der Waals surface area contributed by atoms with E-state index in [-0.39, 0.29) is 25.2 Å². The molecule has 0 bridgehead atoms. The highest BCUT2D eigenvalue weighted by Gasteiger charge is 2.29. The van der Waals surface area contributed by atoms with E-state index in [4.69, 9.17) is 19.3 Å². The Bertz CT molecular complexity index is 190. The van der Waals surface area contributed by atoms with Gasteiger partial charge in [0, 0.05) is 23.2 Å². The van der Waals surface area contributed by atoms with Gasteiger partial charge in [0.2, 0.25) is 0 Å². The van der Waals surface area contributed by atoms with Crippen molar-refractivity contribution in [3.05, 3.63) is 0 Å². The monoisotopic (exact) mass is 392 g/mol. The van der Waals surface area contributed by atoms with Crippen LogP contribution in [-0.2, 0) is 14.2 Å². The molecule has 110 valence electrons. The zero-order valence-corrected chi connectivity index (χ0v) is 13.8. The van der Waals surface area contributed by atoms with E-state index >= 15 is 0 Å². The molecule has 2 N–H and O–H groups in total. The number of hydrogen-bond acceptors (Lipinski definition) is 5. The van der Waals surface area contributed by atoms with Crippen molar-refractivity contribution >= 4 is 31.9 Å². The van der Waals surface area contributed by atoms with E-state index in [1.165, 1.54) is 7.11 Å². The van der Waals surface area contributed by atoms with Crippen molar-refractivity contribution in [3.63, 3.8) is 0 Å². The molecule has 0 heterocycles. The first-order chi connectivity index (χ1) is 8.64.